The van der Waals surface area contributed by atoms with E-state index in [0.717, 1.165) is 58.1 Å². The second-order valence-corrected chi connectivity index (χ2v) is 9.36. The van der Waals surface area contributed by atoms with E-state index in [4.69, 9.17) is 4.74 Å². The summed E-state index contributed by atoms with van der Waals surface area (Å²) < 4.78 is 7.95. The van der Waals surface area contributed by atoms with Crippen molar-refractivity contribution in [2.45, 2.75) is 50.7 Å². The number of nitrogens with one attached hydrogen (secondary N) is 2. The van der Waals surface area contributed by atoms with Crippen molar-refractivity contribution >= 4 is 29.9 Å². The van der Waals surface area contributed by atoms with Gasteiger partial charge in [0.25, 0.3) is 0 Å². The van der Waals surface area contributed by atoms with E-state index in [1.807, 2.05) is 19.6 Å². The number of benzene rings is 1. The van der Waals surface area contributed by atoms with Gasteiger partial charge in [-0.3, -0.25) is 4.99 Å². The van der Waals surface area contributed by atoms with E-state index in [0.29, 0.717) is 12.0 Å². The van der Waals surface area contributed by atoms with Gasteiger partial charge >= 0.3 is 0 Å². The smallest absolute Gasteiger partial charge is 0.193 e. The number of likely N-dealkylation sites (tertiary alicyclic amines) is 1. The van der Waals surface area contributed by atoms with Gasteiger partial charge in [0.1, 0.15) is 0 Å². The average molecular weight is 567 g/mol. The van der Waals surface area contributed by atoms with Crippen LogP contribution in [-0.2, 0) is 4.74 Å². The molecule has 2 aliphatic rings. The number of guanidine groups is 1. The van der Waals surface area contributed by atoms with Crippen LogP contribution in [0.1, 0.15) is 50.8 Å². The van der Waals surface area contributed by atoms with Crippen LogP contribution < -0.4 is 10.6 Å². The fraction of sp³-hybridized carbons (Fsp3) is 0.600. The normalized spacial score (nSPS) is 24.1. The number of aliphatic imine (C=N–C) groups is 1. The Morgan fingerprint density at radius 3 is 2.70 bits per heavy atom. The number of hydrogen-bond donors (Lipinski definition) is 2. The Bertz CT molecular complexity index is 853. The van der Waals surface area contributed by atoms with Gasteiger partial charge in [0.2, 0.25) is 0 Å². The van der Waals surface area contributed by atoms with Crippen LogP contribution in [0.25, 0.3) is 0 Å². The van der Waals surface area contributed by atoms with E-state index in [1.165, 1.54) is 5.56 Å². The summed E-state index contributed by atoms with van der Waals surface area (Å²) in [6, 6.07) is 11.4. The van der Waals surface area contributed by atoms with Gasteiger partial charge in [-0.05, 0) is 37.7 Å². The lowest BCUT2D eigenvalue weighted by Gasteiger charge is -2.43. The molecule has 8 heteroatoms. The standard InChI is InChI=1S/C25H38N6O.HI/c1-20-9-13-30(17-23(20)31-14-12-27-19-31)24(26-3)28-18-25(10-15-32-16-11-25)29-21(2)22-7-5-4-6-8-22;/h4-8,12,14,19-21,23,29H,9-11,13,15-18H2,1-3H3,(H,26,28);1H. The molecule has 1 aromatic heterocycles. The van der Waals surface area contributed by atoms with Gasteiger partial charge in [0, 0.05) is 63.9 Å². The van der Waals surface area contributed by atoms with Crippen LogP contribution in [0.15, 0.2) is 54.0 Å². The molecule has 182 valence electrons. The number of aromatic nitrogens is 2. The average Bonchev–Trinajstić information content (AvgIpc) is 3.36. The van der Waals surface area contributed by atoms with Crippen LogP contribution in [-0.4, -0.2) is 65.8 Å². The first-order valence-electron chi connectivity index (χ1n) is 11.9. The van der Waals surface area contributed by atoms with Gasteiger partial charge in [-0.15, -0.1) is 24.0 Å². The number of piperidine rings is 1. The minimum atomic E-state index is -0.0176. The maximum Gasteiger partial charge on any atom is 0.193 e. The monoisotopic (exact) mass is 566 g/mol. The molecule has 2 aliphatic heterocycles. The highest BCUT2D eigenvalue weighted by molar-refractivity contribution is 14.0. The van der Waals surface area contributed by atoms with Crippen LogP contribution in [0.2, 0.25) is 0 Å². The van der Waals surface area contributed by atoms with E-state index in [-0.39, 0.29) is 35.6 Å². The van der Waals surface area contributed by atoms with Crippen LogP contribution in [0.4, 0.5) is 0 Å². The Hall–Kier alpha value is -1.65. The number of hydrogen-bond acceptors (Lipinski definition) is 4. The summed E-state index contributed by atoms with van der Waals surface area (Å²) in [5.74, 6) is 1.61. The van der Waals surface area contributed by atoms with Crippen LogP contribution in [0.3, 0.4) is 0 Å². The summed E-state index contributed by atoms with van der Waals surface area (Å²) >= 11 is 0. The van der Waals surface area contributed by atoms with E-state index in [9.17, 15) is 0 Å². The van der Waals surface area contributed by atoms with Crippen molar-refractivity contribution in [1.29, 1.82) is 0 Å². The van der Waals surface area contributed by atoms with Crippen molar-refractivity contribution in [2.75, 3.05) is 39.9 Å². The number of imidazole rings is 1. The Kier molecular flexibility index (Phi) is 9.57. The first-order valence-corrected chi connectivity index (χ1v) is 11.9. The van der Waals surface area contributed by atoms with E-state index in [2.05, 4.69) is 80.5 Å². The topological polar surface area (TPSA) is 66.7 Å². The molecule has 3 unspecified atom stereocenters. The molecule has 0 amide bonds. The predicted octanol–water partition coefficient (Wildman–Crippen LogP) is 3.86. The van der Waals surface area contributed by atoms with Crippen molar-refractivity contribution in [2.24, 2.45) is 10.9 Å². The summed E-state index contributed by atoms with van der Waals surface area (Å²) in [5, 5.41) is 7.66. The molecular formula is C25H39IN6O. The van der Waals surface area contributed by atoms with Crippen molar-refractivity contribution in [1.82, 2.24) is 25.1 Å². The Morgan fingerprint density at radius 2 is 2.03 bits per heavy atom. The van der Waals surface area contributed by atoms with Crippen molar-refractivity contribution in [3.05, 3.63) is 54.6 Å². The number of halogens is 1. The van der Waals surface area contributed by atoms with Crippen LogP contribution in [0, 0.1) is 5.92 Å². The molecular weight excluding hydrogens is 527 g/mol. The zero-order valence-corrected chi connectivity index (χ0v) is 22.4. The lowest BCUT2D eigenvalue weighted by molar-refractivity contribution is 0.0351. The van der Waals surface area contributed by atoms with Gasteiger partial charge in [-0.2, -0.15) is 0 Å². The molecule has 3 atom stereocenters. The third-order valence-corrected chi connectivity index (χ3v) is 7.19. The lowest BCUT2D eigenvalue weighted by Crippen LogP contribution is -2.59. The first-order chi connectivity index (χ1) is 15.6. The lowest BCUT2D eigenvalue weighted by atomic mass is 9.88. The fourth-order valence-electron chi connectivity index (χ4n) is 5.09. The molecule has 4 rings (SSSR count). The third kappa shape index (κ3) is 6.48. The van der Waals surface area contributed by atoms with Gasteiger partial charge in [0.15, 0.2) is 5.96 Å². The van der Waals surface area contributed by atoms with Crippen LogP contribution >= 0.6 is 24.0 Å². The largest absolute Gasteiger partial charge is 0.381 e. The molecule has 0 saturated carbocycles. The van der Waals surface area contributed by atoms with Crippen molar-refractivity contribution < 1.29 is 4.74 Å². The van der Waals surface area contributed by atoms with E-state index >= 15 is 0 Å². The highest BCUT2D eigenvalue weighted by Crippen LogP contribution is 2.28. The molecule has 1 aromatic carbocycles. The fourth-order valence-corrected chi connectivity index (χ4v) is 5.09. The summed E-state index contributed by atoms with van der Waals surface area (Å²) in [4.78, 5) is 11.3. The van der Waals surface area contributed by atoms with Gasteiger partial charge in [-0.25, -0.2) is 4.98 Å². The molecule has 2 fully saturated rings. The summed E-state index contributed by atoms with van der Waals surface area (Å²) in [7, 11) is 1.89. The third-order valence-electron chi connectivity index (χ3n) is 7.19. The van der Waals surface area contributed by atoms with Crippen molar-refractivity contribution in [3.8, 4) is 0 Å². The van der Waals surface area contributed by atoms with Gasteiger partial charge in [0.05, 0.1) is 12.4 Å². The number of rotatable bonds is 6. The maximum absolute atomic E-state index is 5.71. The van der Waals surface area contributed by atoms with Gasteiger partial charge < -0.3 is 24.8 Å². The molecule has 2 aromatic rings. The molecule has 2 saturated heterocycles. The zero-order valence-electron chi connectivity index (χ0n) is 20.1. The highest BCUT2D eigenvalue weighted by atomic mass is 127. The molecule has 0 spiro atoms. The minimum absolute atomic E-state index is 0. The molecule has 0 bridgehead atoms. The molecule has 33 heavy (non-hydrogen) atoms. The Balaban J connectivity index is 0.00000306. The highest BCUT2D eigenvalue weighted by Gasteiger charge is 2.35. The quantitative estimate of drug-likeness (QED) is 0.316. The Morgan fingerprint density at radius 1 is 1.27 bits per heavy atom. The number of ether oxygens (including phenoxy) is 1. The molecule has 2 N–H and O–H groups in total. The molecule has 3 heterocycles. The van der Waals surface area contributed by atoms with Crippen LogP contribution in [0.5, 0.6) is 0 Å². The maximum atomic E-state index is 5.71. The van der Waals surface area contributed by atoms with E-state index < -0.39 is 0 Å². The summed E-state index contributed by atoms with van der Waals surface area (Å²) in [6.45, 7) is 8.98. The zero-order chi connectivity index (χ0) is 22.4. The molecule has 0 aliphatic carbocycles. The number of nitrogens with zero attached hydrogens (tertiary/aromatic N) is 4. The first kappa shape index (κ1) is 26.0. The Labute approximate surface area is 215 Å². The van der Waals surface area contributed by atoms with Crippen molar-refractivity contribution in [3.63, 3.8) is 0 Å². The second kappa shape index (κ2) is 12.2. The summed E-state index contributed by atoms with van der Waals surface area (Å²) in [6.07, 6.45) is 9.00. The molecule has 7 nitrogen and oxygen atoms in total. The minimum Gasteiger partial charge on any atom is -0.381 e. The van der Waals surface area contributed by atoms with Gasteiger partial charge in [-0.1, -0.05) is 37.3 Å². The second-order valence-electron chi connectivity index (χ2n) is 9.36. The van der Waals surface area contributed by atoms with E-state index in [1.54, 1.807) is 0 Å². The SMILES string of the molecule is CN=C(NCC1(NC(C)c2ccccc2)CCOCC1)N1CCC(C)C(n2ccnc2)C1.I. The molecule has 0 radical (unpaired) electrons. The summed E-state index contributed by atoms with van der Waals surface area (Å²) in [5.41, 5.74) is 1.30. The predicted molar refractivity (Wildman–Crippen MR) is 144 cm³/mol.